The maximum absolute atomic E-state index is 9.36. The summed E-state index contributed by atoms with van der Waals surface area (Å²) >= 11 is 5.57. The van der Waals surface area contributed by atoms with Crippen molar-refractivity contribution in [3.05, 3.63) is 0 Å². The molecule has 0 aromatic rings. The Morgan fingerprint density at radius 1 is 0.767 bits per heavy atom. The van der Waals surface area contributed by atoms with E-state index in [1.807, 2.05) is 0 Å². The molecule has 2 unspecified atom stereocenters. The fourth-order valence-electron chi connectivity index (χ4n) is 3.16. The molecule has 0 spiro atoms. The molecule has 1 aliphatic rings. The maximum atomic E-state index is 9.36. The molecule has 2 atom stereocenters. The van der Waals surface area contributed by atoms with Gasteiger partial charge in [-0.25, -0.2) is 0 Å². The van der Waals surface area contributed by atoms with Crippen LogP contribution in [-0.2, 0) is 14.2 Å². The van der Waals surface area contributed by atoms with Gasteiger partial charge in [0, 0.05) is 38.9 Å². The van der Waals surface area contributed by atoms with Gasteiger partial charge in [0.1, 0.15) is 0 Å². The van der Waals surface area contributed by atoms with E-state index in [0.717, 1.165) is 104 Å². The summed E-state index contributed by atoms with van der Waals surface area (Å²) in [6.45, 7) is 8.65. The zero-order chi connectivity index (χ0) is 21.5. The minimum atomic E-state index is -0.333. The number of rotatable bonds is 25. The van der Waals surface area contributed by atoms with Gasteiger partial charge < -0.3 is 30.0 Å². The second kappa shape index (κ2) is 22.3. The standard InChI is InChI=1S/C23H47ClN2O4/c24-19-22(27)11-3-1-2-7-15-28-16-8-4-12-25-13-5-9-17-29-18-10-6-14-26-20-23-21-30-23/h22-23,25-27H,1-21H2. The van der Waals surface area contributed by atoms with Gasteiger partial charge in [-0.1, -0.05) is 19.3 Å². The topological polar surface area (TPSA) is 75.3 Å². The zero-order valence-corrected chi connectivity index (χ0v) is 19.8. The second-order valence-electron chi connectivity index (χ2n) is 8.27. The third kappa shape index (κ3) is 21.3. The molecule has 0 amide bonds. The lowest BCUT2D eigenvalue weighted by molar-refractivity contribution is 0.125. The fourth-order valence-corrected chi connectivity index (χ4v) is 3.31. The van der Waals surface area contributed by atoms with Crippen LogP contribution in [0, 0.1) is 0 Å². The van der Waals surface area contributed by atoms with Crippen molar-refractivity contribution in [1.29, 1.82) is 0 Å². The molecule has 3 N–H and O–H groups in total. The van der Waals surface area contributed by atoms with E-state index in [1.54, 1.807) is 0 Å². The summed E-state index contributed by atoms with van der Waals surface area (Å²) in [5.74, 6) is 0.349. The summed E-state index contributed by atoms with van der Waals surface area (Å²) in [5.41, 5.74) is 0. The first-order valence-electron chi connectivity index (χ1n) is 12.3. The summed E-state index contributed by atoms with van der Waals surface area (Å²) in [6.07, 6.45) is 12.4. The first kappa shape index (κ1) is 28.1. The molecule has 0 aromatic carbocycles. The van der Waals surface area contributed by atoms with Gasteiger partial charge >= 0.3 is 0 Å². The number of aliphatic hydroxyl groups is 1. The number of alkyl halides is 1. The number of hydrogen-bond acceptors (Lipinski definition) is 6. The Morgan fingerprint density at radius 3 is 1.80 bits per heavy atom. The Labute approximate surface area is 189 Å². The highest BCUT2D eigenvalue weighted by molar-refractivity contribution is 6.18. The van der Waals surface area contributed by atoms with Gasteiger partial charge in [0.25, 0.3) is 0 Å². The predicted octanol–water partition coefficient (Wildman–Crippen LogP) is 3.49. The minimum Gasteiger partial charge on any atom is -0.392 e. The number of hydrogen-bond donors (Lipinski definition) is 3. The van der Waals surface area contributed by atoms with Gasteiger partial charge in [0.2, 0.25) is 0 Å². The Morgan fingerprint density at radius 2 is 1.27 bits per heavy atom. The maximum Gasteiger partial charge on any atom is 0.0933 e. The molecular weight excluding hydrogens is 404 g/mol. The van der Waals surface area contributed by atoms with Crippen LogP contribution in [0.1, 0.15) is 70.6 Å². The highest BCUT2D eigenvalue weighted by Crippen LogP contribution is 2.07. The van der Waals surface area contributed by atoms with Crippen LogP contribution < -0.4 is 10.6 Å². The number of unbranched alkanes of at least 4 members (excludes halogenated alkanes) is 6. The van der Waals surface area contributed by atoms with Gasteiger partial charge in [-0.2, -0.15) is 0 Å². The third-order valence-electron chi connectivity index (χ3n) is 5.21. The van der Waals surface area contributed by atoms with Crippen LogP contribution in [-0.4, -0.2) is 82.4 Å². The van der Waals surface area contributed by atoms with E-state index >= 15 is 0 Å². The van der Waals surface area contributed by atoms with Crippen LogP contribution >= 0.6 is 11.6 Å². The molecule has 180 valence electrons. The Balaban J connectivity index is 1.60. The number of halogens is 1. The van der Waals surface area contributed by atoms with E-state index in [9.17, 15) is 5.11 Å². The van der Waals surface area contributed by atoms with Crippen molar-refractivity contribution in [3.8, 4) is 0 Å². The first-order valence-corrected chi connectivity index (χ1v) is 12.8. The molecule has 7 heteroatoms. The molecule has 1 heterocycles. The number of ether oxygens (including phenoxy) is 3. The Hall–Kier alpha value is 0.0500. The SMILES string of the molecule is OC(CCl)CCCCCCOCCCCNCCCCOCCCCNCC1CO1. The molecule has 0 aliphatic carbocycles. The number of aliphatic hydroxyl groups excluding tert-OH is 1. The van der Waals surface area contributed by atoms with E-state index in [1.165, 1.54) is 25.7 Å². The monoisotopic (exact) mass is 450 g/mol. The molecule has 0 radical (unpaired) electrons. The van der Waals surface area contributed by atoms with Crippen LogP contribution in [0.4, 0.5) is 0 Å². The molecule has 1 aliphatic heterocycles. The molecule has 30 heavy (non-hydrogen) atoms. The number of epoxide rings is 1. The van der Waals surface area contributed by atoms with Gasteiger partial charge in [-0.05, 0) is 71.0 Å². The molecular formula is C23H47ClN2O4. The van der Waals surface area contributed by atoms with Crippen LogP contribution in [0.2, 0.25) is 0 Å². The van der Waals surface area contributed by atoms with Crippen molar-refractivity contribution < 1.29 is 19.3 Å². The van der Waals surface area contributed by atoms with Crippen molar-refractivity contribution in [2.45, 2.75) is 82.8 Å². The summed E-state index contributed by atoms with van der Waals surface area (Å²) < 4.78 is 16.5. The van der Waals surface area contributed by atoms with Crippen LogP contribution in [0.15, 0.2) is 0 Å². The first-order chi connectivity index (χ1) is 14.8. The Kier molecular flexibility index (Phi) is 20.8. The van der Waals surface area contributed by atoms with E-state index < -0.39 is 0 Å². The largest absolute Gasteiger partial charge is 0.392 e. The molecule has 1 fully saturated rings. The summed E-state index contributed by atoms with van der Waals surface area (Å²) in [6, 6.07) is 0. The Bertz CT molecular complexity index is 349. The fraction of sp³-hybridized carbons (Fsp3) is 1.00. The molecule has 6 nitrogen and oxygen atoms in total. The highest BCUT2D eigenvalue weighted by atomic mass is 35.5. The average Bonchev–Trinajstić information content (AvgIpc) is 3.58. The van der Waals surface area contributed by atoms with Crippen molar-refractivity contribution >= 4 is 11.6 Å². The number of nitrogens with one attached hydrogen (secondary N) is 2. The second-order valence-corrected chi connectivity index (χ2v) is 8.58. The van der Waals surface area contributed by atoms with E-state index in [0.29, 0.717) is 12.0 Å². The normalized spacial score (nSPS) is 16.8. The molecule has 0 aromatic heterocycles. The molecule has 1 saturated heterocycles. The highest BCUT2D eigenvalue weighted by Gasteiger charge is 2.20. The van der Waals surface area contributed by atoms with Crippen molar-refractivity contribution in [1.82, 2.24) is 10.6 Å². The zero-order valence-electron chi connectivity index (χ0n) is 19.1. The predicted molar refractivity (Wildman–Crippen MR) is 125 cm³/mol. The lowest BCUT2D eigenvalue weighted by Gasteiger charge is -2.07. The lowest BCUT2D eigenvalue weighted by Crippen LogP contribution is -2.21. The molecule has 0 bridgehead atoms. The molecule has 0 saturated carbocycles. The molecule has 1 rings (SSSR count). The van der Waals surface area contributed by atoms with Gasteiger partial charge in [-0.3, -0.25) is 0 Å². The van der Waals surface area contributed by atoms with Gasteiger partial charge in [0.15, 0.2) is 0 Å². The van der Waals surface area contributed by atoms with Crippen molar-refractivity contribution in [3.63, 3.8) is 0 Å². The van der Waals surface area contributed by atoms with Crippen LogP contribution in [0.5, 0.6) is 0 Å². The minimum absolute atomic E-state index is 0.333. The van der Waals surface area contributed by atoms with Gasteiger partial charge in [0.05, 0.1) is 18.8 Å². The summed E-state index contributed by atoms with van der Waals surface area (Å²) in [7, 11) is 0. The van der Waals surface area contributed by atoms with Crippen LogP contribution in [0.25, 0.3) is 0 Å². The van der Waals surface area contributed by atoms with Gasteiger partial charge in [-0.15, -0.1) is 11.6 Å². The smallest absolute Gasteiger partial charge is 0.0933 e. The third-order valence-corrected chi connectivity index (χ3v) is 5.56. The average molecular weight is 451 g/mol. The van der Waals surface area contributed by atoms with Crippen molar-refractivity contribution in [2.75, 3.05) is 65.1 Å². The van der Waals surface area contributed by atoms with E-state index in [-0.39, 0.29) is 6.10 Å². The van der Waals surface area contributed by atoms with Crippen LogP contribution in [0.3, 0.4) is 0 Å². The quantitative estimate of drug-likeness (QED) is 0.112. The summed E-state index contributed by atoms with van der Waals surface area (Å²) in [4.78, 5) is 0. The van der Waals surface area contributed by atoms with E-state index in [2.05, 4.69) is 10.6 Å². The van der Waals surface area contributed by atoms with Crippen molar-refractivity contribution in [2.24, 2.45) is 0 Å². The lowest BCUT2D eigenvalue weighted by atomic mass is 10.1. The summed E-state index contributed by atoms with van der Waals surface area (Å²) in [5, 5.41) is 16.3. The van der Waals surface area contributed by atoms with E-state index in [4.69, 9.17) is 25.8 Å².